The van der Waals surface area contributed by atoms with Gasteiger partial charge in [-0.25, -0.2) is 4.98 Å². The fraction of sp³-hybridized carbons (Fsp3) is 0.0714. The lowest BCUT2D eigenvalue weighted by atomic mass is 10.1. The van der Waals surface area contributed by atoms with Crippen LogP contribution in [0.5, 0.6) is 0 Å². The fourth-order valence-electron chi connectivity index (χ4n) is 2.12. The molecule has 1 N–H and O–H groups in total. The molecule has 100 valence electrons. The molecule has 0 unspecified atom stereocenters. The monoisotopic (exact) mass is 287 g/mol. The maximum absolute atomic E-state index is 12.4. The molecule has 1 aromatic carbocycles. The third kappa shape index (κ3) is 2.02. The Hall–Kier alpha value is -2.40. The Labute approximate surface area is 118 Å². The first-order valence-corrected chi connectivity index (χ1v) is 6.34. The minimum Gasteiger partial charge on any atom is -0.345 e. The molecule has 2 aromatic heterocycles. The number of nitrogens with zero attached hydrogens (tertiary/aromatic N) is 2. The Morgan fingerprint density at radius 2 is 2.05 bits per heavy atom. The van der Waals surface area contributed by atoms with Crippen molar-refractivity contribution in [2.45, 2.75) is 6.54 Å². The van der Waals surface area contributed by atoms with E-state index in [4.69, 9.17) is 11.6 Å². The van der Waals surface area contributed by atoms with Crippen molar-refractivity contribution in [3.63, 3.8) is 0 Å². The zero-order valence-corrected chi connectivity index (χ0v) is 11.1. The van der Waals surface area contributed by atoms with Gasteiger partial charge < -0.3 is 9.78 Å². The fourth-order valence-corrected chi connectivity index (χ4v) is 2.25. The number of halogens is 1. The zero-order valence-electron chi connectivity index (χ0n) is 10.3. The summed E-state index contributed by atoms with van der Waals surface area (Å²) in [5.74, 6) is 0. The van der Waals surface area contributed by atoms with Gasteiger partial charge in [-0.2, -0.15) is 0 Å². The topological polar surface area (TPSA) is 67.8 Å². The summed E-state index contributed by atoms with van der Waals surface area (Å²) in [5.41, 5.74) is 1.87. The number of rotatable bonds is 3. The third-order valence-corrected chi connectivity index (χ3v) is 3.34. The van der Waals surface area contributed by atoms with Gasteiger partial charge in [-0.05, 0) is 17.7 Å². The first-order valence-electron chi connectivity index (χ1n) is 5.97. The lowest BCUT2D eigenvalue weighted by molar-refractivity contribution is -0.108. The normalized spacial score (nSPS) is 10.8. The van der Waals surface area contributed by atoms with E-state index in [1.54, 1.807) is 18.3 Å². The number of H-pyrrole nitrogens is 1. The number of aromatic amines is 1. The van der Waals surface area contributed by atoms with Crippen LogP contribution in [0.2, 0.25) is 5.02 Å². The zero-order chi connectivity index (χ0) is 14.1. The standard InChI is InChI=1S/C14H10ClN3O2/c15-10-3-1-9(2-4-10)11-7-16-13-12(11)14(20)18(5-6-19)8-17-13/h1-4,6-8,16H,5H2. The van der Waals surface area contributed by atoms with Gasteiger partial charge in [0, 0.05) is 16.8 Å². The molecule has 0 spiro atoms. The highest BCUT2D eigenvalue weighted by atomic mass is 35.5. The molecule has 6 heteroatoms. The summed E-state index contributed by atoms with van der Waals surface area (Å²) in [5, 5.41) is 1.10. The van der Waals surface area contributed by atoms with Crippen molar-refractivity contribution in [3.05, 3.63) is 52.2 Å². The van der Waals surface area contributed by atoms with Gasteiger partial charge in [-0.1, -0.05) is 23.7 Å². The van der Waals surface area contributed by atoms with Crippen LogP contribution in [0.15, 0.2) is 41.6 Å². The van der Waals surface area contributed by atoms with Crippen LogP contribution in [0.25, 0.3) is 22.2 Å². The van der Waals surface area contributed by atoms with Crippen LogP contribution in [0.3, 0.4) is 0 Å². The molecule has 5 nitrogen and oxygen atoms in total. The number of hydrogen-bond acceptors (Lipinski definition) is 3. The van der Waals surface area contributed by atoms with Gasteiger partial charge in [-0.15, -0.1) is 0 Å². The highest BCUT2D eigenvalue weighted by molar-refractivity contribution is 6.30. The number of carbonyl (C=O) groups is 1. The van der Waals surface area contributed by atoms with Gasteiger partial charge in [0.05, 0.1) is 11.9 Å². The van der Waals surface area contributed by atoms with Crippen LogP contribution < -0.4 is 5.56 Å². The molecular formula is C14H10ClN3O2. The van der Waals surface area contributed by atoms with E-state index in [1.165, 1.54) is 10.9 Å². The molecule has 0 amide bonds. The summed E-state index contributed by atoms with van der Waals surface area (Å²) in [7, 11) is 0. The second kappa shape index (κ2) is 4.94. The van der Waals surface area contributed by atoms with Crippen LogP contribution in [0.1, 0.15) is 0 Å². The van der Waals surface area contributed by atoms with E-state index in [-0.39, 0.29) is 12.1 Å². The summed E-state index contributed by atoms with van der Waals surface area (Å²) in [4.78, 5) is 30.1. The number of carbonyl (C=O) groups excluding carboxylic acids is 1. The molecule has 3 rings (SSSR count). The van der Waals surface area contributed by atoms with E-state index in [0.29, 0.717) is 22.3 Å². The van der Waals surface area contributed by atoms with E-state index in [2.05, 4.69) is 9.97 Å². The minimum atomic E-state index is -0.242. The summed E-state index contributed by atoms with van der Waals surface area (Å²) >= 11 is 5.86. The molecule has 0 atom stereocenters. The largest absolute Gasteiger partial charge is 0.345 e. The summed E-state index contributed by atoms with van der Waals surface area (Å²) < 4.78 is 1.28. The molecule has 0 aliphatic heterocycles. The number of aromatic nitrogens is 3. The minimum absolute atomic E-state index is 0.00693. The second-order valence-electron chi connectivity index (χ2n) is 4.30. The van der Waals surface area contributed by atoms with E-state index >= 15 is 0 Å². The highest BCUT2D eigenvalue weighted by Gasteiger charge is 2.12. The molecule has 0 saturated heterocycles. The van der Waals surface area contributed by atoms with Crippen molar-refractivity contribution in [1.29, 1.82) is 0 Å². The molecule has 3 aromatic rings. The average molecular weight is 288 g/mol. The van der Waals surface area contributed by atoms with Crippen LogP contribution in [0, 0.1) is 0 Å². The lowest BCUT2D eigenvalue weighted by Crippen LogP contribution is -2.21. The highest BCUT2D eigenvalue weighted by Crippen LogP contribution is 2.26. The Morgan fingerprint density at radius 1 is 1.30 bits per heavy atom. The molecule has 0 fully saturated rings. The quantitative estimate of drug-likeness (QED) is 0.751. The Kier molecular flexibility index (Phi) is 3.12. The second-order valence-corrected chi connectivity index (χ2v) is 4.74. The molecule has 0 aliphatic rings. The van der Waals surface area contributed by atoms with Gasteiger partial charge in [0.15, 0.2) is 0 Å². The molecule has 0 saturated carbocycles. The van der Waals surface area contributed by atoms with Gasteiger partial charge >= 0.3 is 0 Å². The van der Waals surface area contributed by atoms with Crippen molar-refractivity contribution in [1.82, 2.24) is 14.5 Å². The van der Waals surface area contributed by atoms with Gasteiger partial charge in [0.1, 0.15) is 18.3 Å². The first kappa shape index (κ1) is 12.6. The van der Waals surface area contributed by atoms with Crippen molar-refractivity contribution < 1.29 is 4.79 Å². The molecule has 2 heterocycles. The predicted octanol–water partition coefficient (Wildman–Crippen LogP) is 2.24. The number of aldehydes is 1. The summed E-state index contributed by atoms with van der Waals surface area (Å²) in [6, 6.07) is 7.19. The van der Waals surface area contributed by atoms with Crippen LogP contribution in [0.4, 0.5) is 0 Å². The van der Waals surface area contributed by atoms with E-state index in [9.17, 15) is 9.59 Å². The Morgan fingerprint density at radius 3 is 2.75 bits per heavy atom. The predicted molar refractivity (Wildman–Crippen MR) is 76.9 cm³/mol. The van der Waals surface area contributed by atoms with E-state index < -0.39 is 0 Å². The maximum Gasteiger partial charge on any atom is 0.263 e. The Balaban J connectivity index is 2.26. The van der Waals surface area contributed by atoms with Gasteiger partial charge in [0.2, 0.25) is 0 Å². The maximum atomic E-state index is 12.4. The molecule has 20 heavy (non-hydrogen) atoms. The average Bonchev–Trinajstić information content (AvgIpc) is 2.88. The van der Waals surface area contributed by atoms with Crippen LogP contribution in [-0.2, 0) is 11.3 Å². The Bertz CT molecular complexity index is 834. The van der Waals surface area contributed by atoms with Crippen LogP contribution in [-0.4, -0.2) is 20.8 Å². The van der Waals surface area contributed by atoms with E-state index in [0.717, 1.165) is 11.1 Å². The molecule has 0 aliphatic carbocycles. The van der Waals surface area contributed by atoms with E-state index in [1.807, 2.05) is 12.1 Å². The van der Waals surface area contributed by atoms with Crippen molar-refractivity contribution in [2.24, 2.45) is 0 Å². The van der Waals surface area contributed by atoms with Gasteiger partial charge in [0.25, 0.3) is 5.56 Å². The van der Waals surface area contributed by atoms with Crippen LogP contribution >= 0.6 is 11.6 Å². The van der Waals surface area contributed by atoms with Crippen molar-refractivity contribution >= 4 is 28.9 Å². The molecule has 0 bridgehead atoms. The van der Waals surface area contributed by atoms with Gasteiger partial charge in [-0.3, -0.25) is 9.36 Å². The van der Waals surface area contributed by atoms with Crippen molar-refractivity contribution in [3.8, 4) is 11.1 Å². The first-order chi connectivity index (χ1) is 9.70. The number of benzene rings is 1. The molecular weight excluding hydrogens is 278 g/mol. The smallest absolute Gasteiger partial charge is 0.263 e. The van der Waals surface area contributed by atoms with Crippen molar-refractivity contribution in [2.75, 3.05) is 0 Å². The number of fused-ring (bicyclic) bond motifs is 1. The summed E-state index contributed by atoms with van der Waals surface area (Å²) in [6.07, 6.45) is 3.76. The summed E-state index contributed by atoms with van der Waals surface area (Å²) in [6.45, 7) is -0.00693. The number of hydrogen-bond donors (Lipinski definition) is 1. The molecule has 0 radical (unpaired) electrons. The third-order valence-electron chi connectivity index (χ3n) is 3.09. The lowest BCUT2D eigenvalue weighted by Gasteiger charge is -2.02. The SMILES string of the molecule is O=CCn1cnc2[nH]cc(-c3ccc(Cl)cc3)c2c1=O. The number of nitrogens with one attached hydrogen (secondary N) is 1.